The van der Waals surface area contributed by atoms with Gasteiger partial charge >= 0.3 is 6.18 Å². The van der Waals surface area contributed by atoms with Crippen molar-refractivity contribution in [2.45, 2.75) is 70.2 Å². The van der Waals surface area contributed by atoms with Crippen molar-refractivity contribution in [3.8, 4) is 0 Å². The number of nitrogens with one attached hydrogen (secondary N) is 1. The van der Waals surface area contributed by atoms with E-state index < -0.39 is 51.7 Å². The fourth-order valence-corrected chi connectivity index (χ4v) is 5.78. The lowest BCUT2D eigenvalue weighted by Gasteiger charge is -2.35. The highest BCUT2D eigenvalue weighted by Crippen LogP contribution is 2.33. The van der Waals surface area contributed by atoms with Crippen LogP contribution >= 0.6 is 0 Å². The van der Waals surface area contributed by atoms with Crippen LogP contribution in [0.25, 0.3) is 0 Å². The van der Waals surface area contributed by atoms with E-state index >= 15 is 0 Å². The highest BCUT2D eigenvalue weighted by Gasteiger charge is 2.36. The molecule has 7 nitrogen and oxygen atoms in total. The number of amides is 2. The Bertz CT molecular complexity index is 1490. The number of carbonyl (C=O) groups excluding carboxylic acids is 2. The molecule has 0 saturated carbocycles. The molecule has 0 saturated heterocycles. The monoisotopic (exact) mass is 603 g/mol. The van der Waals surface area contributed by atoms with Gasteiger partial charge in [0, 0.05) is 12.1 Å². The van der Waals surface area contributed by atoms with Gasteiger partial charge in [-0.2, -0.15) is 13.2 Å². The van der Waals surface area contributed by atoms with Crippen molar-refractivity contribution in [2.24, 2.45) is 0 Å². The summed E-state index contributed by atoms with van der Waals surface area (Å²) in [6.07, 6.45) is -4.52. The van der Waals surface area contributed by atoms with E-state index in [0.717, 1.165) is 17.7 Å². The minimum atomic E-state index is -4.74. The van der Waals surface area contributed by atoms with E-state index in [1.54, 1.807) is 45.9 Å². The lowest BCUT2D eigenvalue weighted by Crippen LogP contribution is -2.55. The number of alkyl halides is 3. The molecule has 0 aromatic heterocycles. The van der Waals surface area contributed by atoms with Gasteiger partial charge in [-0.3, -0.25) is 13.9 Å². The first-order valence-electron chi connectivity index (χ1n) is 13.4. The van der Waals surface area contributed by atoms with Gasteiger partial charge in [-0.05, 0) is 70.0 Å². The zero-order valence-electron chi connectivity index (χ0n) is 24.3. The minimum absolute atomic E-state index is 0.0169. The quantitative estimate of drug-likeness (QED) is 0.311. The van der Waals surface area contributed by atoms with E-state index in [9.17, 15) is 31.2 Å². The molecule has 1 atom stereocenters. The van der Waals surface area contributed by atoms with Crippen LogP contribution in [0.1, 0.15) is 50.8 Å². The van der Waals surface area contributed by atoms with Gasteiger partial charge in [0.2, 0.25) is 11.8 Å². The second-order valence-electron chi connectivity index (χ2n) is 11.0. The molecular formula is C31H36F3N3O4S. The summed E-state index contributed by atoms with van der Waals surface area (Å²) in [6.45, 7) is 8.18. The molecule has 0 heterocycles. The van der Waals surface area contributed by atoms with Crippen LogP contribution in [0.5, 0.6) is 0 Å². The van der Waals surface area contributed by atoms with E-state index in [0.29, 0.717) is 15.9 Å². The van der Waals surface area contributed by atoms with E-state index in [-0.39, 0.29) is 23.5 Å². The number of carbonyl (C=O) groups is 2. The second kappa shape index (κ2) is 13.0. The van der Waals surface area contributed by atoms with Gasteiger partial charge in [-0.1, -0.05) is 61.0 Å². The molecule has 42 heavy (non-hydrogen) atoms. The zero-order chi connectivity index (χ0) is 31.3. The molecule has 0 fully saturated rings. The number of nitrogens with zero attached hydrogens (tertiary/aromatic N) is 2. The summed E-state index contributed by atoms with van der Waals surface area (Å²) in [6, 6.07) is 17.3. The Morgan fingerprint density at radius 2 is 1.52 bits per heavy atom. The van der Waals surface area contributed by atoms with E-state index in [2.05, 4.69) is 5.32 Å². The SMILES string of the molecule is CCC(C(=O)NC(C)(C)C)N(Cc1ccc(C)cc1)C(=O)CN(c1cccc(C(F)(F)F)c1)S(=O)(=O)c1ccccc1. The molecule has 3 rings (SSSR count). The summed E-state index contributed by atoms with van der Waals surface area (Å²) in [5, 5.41) is 2.88. The Morgan fingerprint density at radius 1 is 0.905 bits per heavy atom. The van der Waals surface area contributed by atoms with E-state index in [1.165, 1.54) is 35.2 Å². The van der Waals surface area contributed by atoms with Crippen molar-refractivity contribution in [1.29, 1.82) is 0 Å². The molecule has 0 radical (unpaired) electrons. The molecule has 0 aliphatic carbocycles. The Morgan fingerprint density at radius 3 is 2.07 bits per heavy atom. The number of anilines is 1. The third kappa shape index (κ3) is 8.34. The normalized spacial score (nSPS) is 12.9. The predicted molar refractivity (Wildman–Crippen MR) is 156 cm³/mol. The maximum absolute atomic E-state index is 14.0. The molecule has 1 N–H and O–H groups in total. The summed E-state index contributed by atoms with van der Waals surface area (Å²) < 4.78 is 69.1. The van der Waals surface area contributed by atoms with Crippen molar-refractivity contribution < 1.29 is 31.2 Å². The molecule has 0 aliphatic heterocycles. The van der Waals surface area contributed by atoms with Gasteiger partial charge < -0.3 is 10.2 Å². The molecule has 11 heteroatoms. The standard InChI is InChI=1S/C31H36F3N3O4S/c1-6-27(29(39)35-30(3,4)5)36(20-23-17-15-22(2)16-18-23)28(38)21-37(42(40,41)26-13-8-7-9-14-26)25-12-10-11-24(19-25)31(32,33)34/h7-19,27H,6,20-21H2,1-5H3,(H,35,39). The molecule has 2 amide bonds. The van der Waals surface area contributed by atoms with Crippen LogP contribution in [0.3, 0.4) is 0 Å². The summed E-state index contributed by atoms with van der Waals surface area (Å²) in [5.74, 6) is -1.18. The minimum Gasteiger partial charge on any atom is -0.350 e. The number of rotatable bonds is 10. The first-order valence-corrected chi connectivity index (χ1v) is 14.9. The van der Waals surface area contributed by atoms with Gasteiger partial charge in [0.25, 0.3) is 10.0 Å². The Hall–Kier alpha value is -3.86. The molecule has 3 aromatic carbocycles. The first kappa shape index (κ1) is 32.7. The third-order valence-corrected chi connectivity index (χ3v) is 8.22. The molecule has 0 bridgehead atoms. The fraction of sp³-hybridized carbons (Fsp3) is 0.355. The van der Waals surface area contributed by atoms with E-state index in [1.807, 2.05) is 19.1 Å². The Kier molecular flexibility index (Phi) is 10.1. The lowest BCUT2D eigenvalue weighted by atomic mass is 10.1. The summed E-state index contributed by atoms with van der Waals surface area (Å²) >= 11 is 0. The highest BCUT2D eigenvalue weighted by atomic mass is 32.2. The second-order valence-corrected chi connectivity index (χ2v) is 12.9. The van der Waals surface area contributed by atoms with Gasteiger partial charge in [-0.25, -0.2) is 8.42 Å². The largest absolute Gasteiger partial charge is 0.416 e. The maximum atomic E-state index is 14.0. The average Bonchev–Trinajstić information content (AvgIpc) is 2.91. The Balaban J connectivity index is 2.11. The molecule has 0 spiro atoms. The summed E-state index contributed by atoms with van der Waals surface area (Å²) in [4.78, 5) is 28.5. The Labute approximate surface area is 245 Å². The number of benzene rings is 3. The van der Waals surface area contributed by atoms with Crippen molar-refractivity contribution in [2.75, 3.05) is 10.8 Å². The van der Waals surface area contributed by atoms with Crippen molar-refractivity contribution in [3.05, 3.63) is 95.6 Å². The average molecular weight is 604 g/mol. The molecule has 1 unspecified atom stereocenters. The van der Waals surface area contributed by atoms with Crippen LogP contribution in [-0.4, -0.2) is 43.3 Å². The zero-order valence-corrected chi connectivity index (χ0v) is 25.1. The van der Waals surface area contributed by atoms with Gasteiger partial charge in [0.1, 0.15) is 12.6 Å². The fourth-order valence-electron chi connectivity index (χ4n) is 4.35. The first-order chi connectivity index (χ1) is 19.5. The van der Waals surface area contributed by atoms with Crippen molar-refractivity contribution in [1.82, 2.24) is 10.2 Å². The van der Waals surface area contributed by atoms with Gasteiger partial charge in [0.05, 0.1) is 16.1 Å². The van der Waals surface area contributed by atoms with Gasteiger partial charge in [-0.15, -0.1) is 0 Å². The summed E-state index contributed by atoms with van der Waals surface area (Å²) in [5.41, 5.74) is -0.312. The molecular weight excluding hydrogens is 567 g/mol. The van der Waals surface area contributed by atoms with Crippen LogP contribution in [0, 0.1) is 6.92 Å². The third-order valence-electron chi connectivity index (χ3n) is 6.43. The van der Waals surface area contributed by atoms with Crippen LogP contribution in [0.2, 0.25) is 0 Å². The van der Waals surface area contributed by atoms with Crippen LogP contribution < -0.4 is 9.62 Å². The summed E-state index contributed by atoms with van der Waals surface area (Å²) in [7, 11) is -4.49. The van der Waals surface area contributed by atoms with Crippen molar-refractivity contribution in [3.63, 3.8) is 0 Å². The maximum Gasteiger partial charge on any atom is 0.416 e. The number of sulfonamides is 1. The predicted octanol–water partition coefficient (Wildman–Crippen LogP) is 5.93. The number of halogens is 3. The van der Waals surface area contributed by atoms with Crippen LogP contribution in [0.4, 0.5) is 18.9 Å². The number of aryl methyl sites for hydroxylation is 1. The number of hydrogen-bond acceptors (Lipinski definition) is 4. The van der Waals surface area contributed by atoms with Gasteiger partial charge in [0.15, 0.2) is 0 Å². The topological polar surface area (TPSA) is 86.8 Å². The lowest BCUT2D eigenvalue weighted by molar-refractivity contribution is -0.141. The van der Waals surface area contributed by atoms with E-state index in [4.69, 9.17) is 0 Å². The molecule has 0 aliphatic rings. The molecule has 226 valence electrons. The van der Waals surface area contributed by atoms with Crippen molar-refractivity contribution >= 4 is 27.5 Å². The number of hydrogen-bond donors (Lipinski definition) is 1. The van der Waals surface area contributed by atoms with Crippen LogP contribution in [-0.2, 0) is 32.3 Å². The highest BCUT2D eigenvalue weighted by molar-refractivity contribution is 7.92. The van der Waals surface area contributed by atoms with Crippen LogP contribution in [0.15, 0.2) is 83.8 Å². The molecule has 3 aromatic rings. The smallest absolute Gasteiger partial charge is 0.350 e.